The summed E-state index contributed by atoms with van der Waals surface area (Å²) in [5.74, 6) is 3.41. The number of para-hydroxylation sites is 1. The van der Waals surface area contributed by atoms with E-state index in [1.165, 1.54) is 99.1 Å². The smallest absolute Gasteiger partial charge is 0.0540 e. The van der Waals surface area contributed by atoms with Crippen molar-refractivity contribution in [2.24, 2.45) is 23.7 Å². The van der Waals surface area contributed by atoms with Gasteiger partial charge in [0.05, 0.1) is 5.69 Å². The molecule has 0 atom stereocenters. The molecule has 7 aromatic rings. The summed E-state index contributed by atoms with van der Waals surface area (Å²) < 4.78 is 0. The van der Waals surface area contributed by atoms with Crippen LogP contribution in [0.15, 0.2) is 164 Å². The van der Waals surface area contributed by atoms with Crippen LogP contribution in [0.5, 0.6) is 0 Å². The SMILES string of the molecule is CC1(C)c2ccccc2-c2ccc(N(c3cccc(-c4ccccc4)c3)c3ccccc3-c3ccc4c(c3)-c3ccccc3C43C4CC5CC(C4)CC3C5)cc21. The summed E-state index contributed by atoms with van der Waals surface area (Å²) in [4.78, 5) is 2.52. The first-order chi connectivity index (χ1) is 27.5. The molecule has 4 fully saturated rings. The first-order valence-electron chi connectivity index (χ1n) is 21.0. The molecule has 4 bridgehead atoms. The van der Waals surface area contributed by atoms with E-state index in [4.69, 9.17) is 0 Å². The van der Waals surface area contributed by atoms with Crippen molar-refractivity contribution < 1.29 is 0 Å². The van der Waals surface area contributed by atoms with Gasteiger partial charge in [-0.05, 0) is 153 Å². The average Bonchev–Trinajstić information content (AvgIpc) is 3.65. The van der Waals surface area contributed by atoms with Gasteiger partial charge in [-0.25, -0.2) is 0 Å². The topological polar surface area (TPSA) is 3.24 Å². The molecule has 6 aliphatic carbocycles. The van der Waals surface area contributed by atoms with Crippen LogP contribution in [0.3, 0.4) is 0 Å². The van der Waals surface area contributed by atoms with Gasteiger partial charge in [-0.2, -0.15) is 0 Å². The Hall–Kier alpha value is -5.66. The van der Waals surface area contributed by atoms with Crippen molar-refractivity contribution in [3.63, 3.8) is 0 Å². The van der Waals surface area contributed by atoms with Crippen LogP contribution in [0.1, 0.15) is 68.2 Å². The van der Waals surface area contributed by atoms with Gasteiger partial charge in [0.2, 0.25) is 0 Å². The third-order valence-electron chi connectivity index (χ3n) is 15.0. The number of fused-ring (bicyclic) bond motifs is 6. The normalized spacial score (nSPS) is 24.1. The lowest BCUT2D eigenvalue weighted by atomic mass is 9.43. The molecule has 1 nitrogen and oxygen atoms in total. The number of anilines is 3. The molecule has 56 heavy (non-hydrogen) atoms. The van der Waals surface area contributed by atoms with E-state index in [9.17, 15) is 0 Å². The largest absolute Gasteiger partial charge is 0.310 e. The van der Waals surface area contributed by atoms with Crippen molar-refractivity contribution in [1.29, 1.82) is 0 Å². The molecule has 0 radical (unpaired) electrons. The molecule has 0 unspecified atom stereocenters. The Labute approximate surface area is 331 Å². The molecule has 7 aromatic carbocycles. The molecule has 0 amide bonds. The predicted molar refractivity (Wildman–Crippen MR) is 233 cm³/mol. The van der Waals surface area contributed by atoms with Gasteiger partial charge in [-0.1, -0.05) is 141 Å². The quantitative estimate of drug-likeness (QED) is 0.171. The first-order valence-corrected chi connectivity index (χ1v) is 21.0. The highest BCUT2D eigenvalue weighted by Crippen LogP contribution is 2.69. The summed E-state index contributed by atoms with van der Waals surface area (Å²) in [6.07, 6.45) is 7.11. The lowest BCUT2D eigenvalue weighted by Gasteiger charge is -2.61. The van der Waals surface area contributed by atoms with Crippen LogP contribution in [-0.4, -0.2) is 0 Å². The Balaban J connectivity index is 1.04. The van der Waals surface area contributed by atoms with Gasteiger partial charge in [0.25, 0.3) is 0 Å². The molecule has 1 spiro atoms. The summed E-state index contributed by atoms with van der Waals surface area (Å²) >= 11 is 0. The molecular weight excluding hydrogens is 675 g/mol. The maximum atomic E-state index is 2.57. The highest BCUT2D eigenvalue weighted by Gasteiger charge is 2.61. The van der Waals surface area contributed by atoms with Crippen molar-refractivity contribution in [2.75, 3.05) is 4.90 Å². The van der Waals surface area contributed by atoms with Gasteiger partial charge >= 0.3 is 0 Å². The summed E-state index contributed by atoms with van der Waals surface area (Å²) in [5, 5.41) is 0. The molecular formula is C55H47N. The van der Waals surface area contributed by atoms with Crippen molar-refractivity contribution in [2.45, 2.75) is 56.8 Å². The van der Waals surface area contributed by atoms with Crippen molar-refractivity contribution in [3.05, 3.63) is 186 Å². The fourth-order valence-corrected chi connectivity index (χ4v) is 13.0. The maximum Gasteiger partial charge on any atom is 0.0540 e. The third-order valence-corrected chi connectivity index (χ3v) is 15.0. The highest BCUT2D eigenvalue weighted by atomic mass is 15.1. The predicted octanol–water partition coefficient (Wildman–Crippen LogP) is 14.5. The Morgan fingerprint density at radius 1 is 0.393 bits per heavy atom. The van der Waals surface area contributed by atoms with E-state index >= 15 is 0 Å². The lowest BCUT2D eigenvalue weighted by Crippen LogP contribution is -2.55. The molecule has 0 saturated heterocycles. The van der Waals surface area contributed by atoms with Crippen molar-refractivity contribution in [3.8, 4) is 44.5 Å². The zero-order valence-corrected chi connectivity index (χ0v) is 32.4. The zero-order valence-electron chi connectivity index (χ0n) is 32.4. The number of hydrogen-bond acceptors (Lipinski definition) is 1. The van der Waals surface area contributed by atoms with E-state index in [0.717, 1.165) is 29.4 Å². The standard InChI is InChI=1S/C55H47N/c1-54(2)49-20-9-6-18-45(49)47-25-24-43(34-52(47)54)56(42-16-12-15-38(32-42)37-13-4-3-5-14-37)53-22-11-8-17-44(53)39-23-26-51-48(33-39)46-19-7-10-21-50(46)55(51)40-28-35-27-36(30-40)31-41(55)29-35/h3-26,32-36,40-41H,27-31H2,1-2H3. The minimum atomic E-state index is -0.0970. The molecule has 13 rings (SSSR count). The summed E-state index contributed by atoms with van der Waals surface area (Å²) in [5.41, 5.74) is 20.3. The Morgan fingerprint density at radius 2 is 0.982 bits per heavy atom. The Kier molecular flexibility index (Phi) is 6.93. The van der Waals surface area contributed by atoms with Crippen LogP contribution >= 0.6 is 0 Å². The zero-order chi connectivity index (χ0) is 37.2. The average molecular weight is 722 g/mol. The van der Waals surface area contributed by atoms with E-state index in [2.05, 4.69) is 183 Å². The van der Waals surface area contributed by atoms with Gasteiger partial charge in [-0.3, -0.25) is 0 Å². The van der Waals surface area contributed by atoms with Gasteiger partial charge < -0.3 is 4.90 Å². The number of rotatable bonds is 5. The summed E-state index contributed by atoms with van der Waals surface area (Å²) in [6.45, 7) is 4.77. The molecule has 0 aliphatic heterocycles. The van der Waals surface area contributed by atoms with E-state index in [-0.39, 0.29) is 10.8 Å². The molecule has 6 aliphatic rings. The van der Waals surface area contributed by atoms with E-state index < -0.39 is 0 Å². The van der Waals surface area contributed by atoms with E-state index in [0.29, 0.717) is 0 Å². The van der Waals surface area contributed by atoms with Crippen LogP contribution in [0.4, 0.5) is 17.1 Å². The van der Waals surface area contributed by atoms with Crippen LogP contribution in [0, 0.1) is 23.7 Å². The van der Waals surface area contributed by atoms with Crippen molar-refractivity contribution >= 4 is 17.1 Å². The lowest BCUT2D eigenvalue weighted by molar-refractivity contribution is -0.0399. The molecule has 0 N–H and O–H groups in total. The third kappa shape index (κ3) is 4.49. The second-order valence-electron chi connectivity index (χ2n) is 18.1. The van der Waals surface area contributed by atoms with E-state index in [1.807, 2.05) is 0 Å². The van der Waals surface area contributed by atoms with Crippen LogP contribution in [0.2, 0.25) is 0 Å². The van der Waals surface area contributed by atoms with Gasteiger partial charge in [0, 0.05) is 27.8 Å². The van der Waals surface area contributed by atoms with Gasteiger partial charge in [0.1, 0.15) is 0 Å². The second kappa shape index (κ2) is 11.9. The molecule has 272 valence electrons. The van der Waals surface area contributed by atoms with Gasteiger partial charge in [0.15, 0.2) is 0 Å². The Morgan fingerprint density at radius 3 is 1.75 bits per heavy atom. The monoisotopic (exact) mass is 721 g/mol. The van der Waals surface area contributed by atoms with Gasteiger partial charge in [-0.15, -0.1) is 0 Å². The van der Waals surface area contributed by atoms with Crippen molar-refractivity contribution in [1.82, 2.24) is 0 Å². The molecule has 0 heterocycles. The minimum absolute atomic E-state index is 0.0970. The Bertz CT molecular complexity index is 2670. The maximum absolute atomic E-state index is 2.57. The molecule has 1 heteroatoms. The van der Waals surface area contributed by atoms with Crippen LogP contribution in [0.25, 0.3) is 44.5 Å². The van der Waals surface area contributed by atoms with Crippen LogP contribution < -0.4 is 4.90 Å². The second-order valence-corrected chi connectivity index (χ2v) is 18.1. The fraction of sp³-hybridized carbons (Fsp3) is 0.236. The summed E-state index contributed by atoms with van der Waals surface area (Å²) in [7, 11) is 0. The molecule has 0 aromatic heterocycles. The van der Waals surface area contributed by atoms with Crippen LogP contribution in [-0.2, 0) is 10.8 Å². The minimum Gasteiger partial charge on any atom is -0.310 e. The summed E-state index contributed by atoms with van der Waals surface area (Å²) in [6, 6.07) is 62.3. The highest BCUT2D eigenvalue weighted by molar-refractivity contribution is 5.93. The fourth-order valence-electron chi connectivity index (χ4n) is 13.0. The number of nitrogens with zero attached hydrogens (tertiary/aromatic N) is 1. The number of hydrogen-bond donors (Lipinski definition) is 0. The number of benzene rings is 7. The van der Waals surface area contributed by atoms with E-state index in [1.54, 1.807) is 11.1 Å². The molecule has 4 saturated carbocycles. The first kappa shape index (κ1) is 32.6.